The number of aliphatic hydroxyl groups is 1. The third-order valence-electron chi connectivity index (χ3n) is 5.60. The zero-order valence-electron chi connectivity index (χ0n) is 15.3. The van der Waals surface area contributed by atoms with Gasteiger partial charge in [0.15, 0.2) is 0 Å². The Morgan fingerprint density at radius 3 is 2.73 bits per heavy atom. The van der Waals surface area contributed by atoms with Crippen LogP contribution in [0.1, 0.15) is 16.8 Å². The number of likely N-dealkylation sites (tertiary alicyclic amines) is 1. The summed E-state index contributed by atoms with van der Waals surface area (Å²) in [6, 6.07) is 9.53. The number of amides is 1. The predicted molar refractivity (Wildman–Crippen MR) is 101 cm³/mol. The van der Waals surface area contributed by atoms with Crippen LogP contribution in [0.25, 0.3) is 10.9 Å². The van der Waals surface area contributed by atoms with Crippen LogP contribution in [0.4, 0.5) is 0 Å². The van der Waals surface area contributed by atoms with Gasteiger partial charge in [0.25, 0.3) is 5.91 Å². The van der Waals surface area contributed by atoms with E-state index in [1.165, 1.54) is 0 Å². The fourth-order valence-corrected chi connectivity index (χ4v) is 4.03. The Morgan fingerprint density at radius 1 is 1.15 bits per heavy atom. The summed E-state index contributed by atoms with van der Waals surface area (Å²) in [5, 5.41) is 12.0. The molecule has 6 heteroatoms. The van der Waals surface area contributed by atoms with Crippen LogP contribution in [0.3, 0.4) is 0 Å². The maximum Gasteiger partial charge on any atom is 0.256 e. The quantitative estimate of drug-likeness (QED) is 0.893. The molecule has 138 valence electrons. The van der Waals surface area contributed by atoms with Gasteiger partial charge in [0.05, 0.1) is 23.2 Å². The Kier molecular flexibility index (Phi) is 4.65. The average Bonchev–Trinajstić information content (AvgIpc) is 3.04. The first-order valence-electron chi connectivity index (χ1n) is 9.30. The van der Waals surface area contributed by atoms with E-state index in [2.05, 4.69) is 21.8 Å². The number of nitrogens with zero attached hydrogens (tertiary/aromatic N) is 4. The summed E-state index contributed by atoms with van der Waals surface area (Å²) in [5.74, 6) is -0.0383. The Morgan fingerprint density at radius 2 is 1.92 bits per heavy atom. The number of para-hydroxylation sites is 1. The second-order valence-corrected chi connectivity index (χ2v) is 7.66. The van der Waals surface area contributed by atoms with Crippen LogP contribution >= 0.6 is 0 Å². The summed E-state index contributed by atoms with van der Waals surface area (Å²) in [6.07, 6.45) is 2.34. The van der Waals surface area contributed by atoms with Crippen molar-refractivity contribution in [2.45, 2.75) is 12.0 Å². The molecule has 1 atom stereocenters. The molecule has 0 radical (unpaired) electrons. The normalized spacial score (nSPS) is 25.1. The van der Waals surface area contributed by atoms with Crippen LogP contribution in [-0.4, -0.2) is 89.2 Å². The molecule has 0 aliphatic carbocycles. The van der Waals surface area contributed by atoms with Crippen molar-refractivity contribution in [3.63, 3.8) is 0 Å². The highest BCUT2D eigenvalue weighted by Gasteiger charge is 2.40. The van der Waals surface area contributed by atoms with Crippen molar-refractivity contribution in [2.75, 3.05) is 52.9 Å². The number of benzene rings is 1. The lowest BCUT2D eigenvalue weighted by Gasteiger charge is -2.36. The number of β-amino-alcohol motifs (C(OH)–C–C–N with tert-alkyl or cyclic N) is 1. The number of pyridine rings is 1. The van der Waals surface area contributed by atoms with Gasteiger partial charge in [-0.1, -0.05) is 18.2 Å². The highest BCUT2D eigenvalue weighted by Crippen LogP contribution is 2.26. The molecule has 0 saturated carbocycles. The zero-order chi connectivity index (χ0) is 18.1. The summed E-state index contributed by atoms with van der Waals surface area (Å²) in [6.45, 7) is 5.62. The summed E-state index contributed by atoms with van der Waals surface area (Å²) < 4.78 is 0. The molecule has 0 spiro atoms. The van der Waals surface area contributed by atoms with Crippen molar-refractivity contribution < 1.29 is 9.90 Å². The monoisotopic (exact) mass is 354 g/mol. The highest BCUT2D eigenvalue weighted by molar-refractivity contribution is 6.05. The van der Waals surface area contributed by atoms with Gasteiger partial charge in [-0.3, -0.25) is 14.7 Å². The van der Waals surface area contributed by atoms with Gasteiger partial charge in [-0.05, 0) is 25.6 Å². The van der Waals surface area contributed by atoms with E-state index in [1.54, 1.807) is 11.1 Å². The lowest BCUT2D eigenvalue weighted by atomic mass is 10.0. The van der Waals surface area contributed by atoms with Crippen molar-refractivity contribution in [3.05, 3.63) is 42.1 Å². The fraction of sp³-hybridized carbons (Fsp3) is 0.500. The van der Waals surface area contributed by atoms with E-state index in [-0.39, 0.29) is 5.91 Å². The number of carbonyl (C=O) groups is 1. The molecule has 1 aromatic heterocycles. The minimum Gasteiger partial charge on any atom is -0.387 e. The summed E-state index contributed by atoms with van der Waals surface area (Å²) in [5.41, 5.74) is 0.533. The number of aromatic nitrogens is 1. The molecule has 2 fully saturated rings. The largest absolute Gasteiger partial charge is 0.387 e. The molecule has 2 saturated heterocycles. The van der Waals surface area contributed by atoms with Crippen molar-refractivity contribution in [1.29, 1.82) is 0 Å². The van der Waals surface area contributed by atoms with E-state index >= 15 is 0 Å². The number of likely N-dealkylation sites (N-methyl/N-ethyl adjacent to an activating group) is 1. The first kappa shape index (κ1) is 17.4. The number of fused-ring (bicyclic) bond motifs is 1. The molecule has 3 heterocycles. The van der Waals surface area contributed by atoms with E-state index in [0.717, 1.165) is 37.1 Å². The summed E-state index contributed by atoms with van der Waals surface area (Å²) in [4.78, 5) is 23.8. The smallest absolute Gasteiger partial charge is 0.256 e. The molecular weight excluding hydrogens is 328 g/mol. The van der Waals surface area contributed by atoms with E-state index in [4.69, 9.17) is 0 Å². The molecule has 1 aromatic carbocycles. The molecule has 0 bridgehead atoms. The minimum atomic E-state index is -0.816. The highest BCUT2D eigenvalue weighted by atomic mass is 16.3. The molecule has 6 nitrogen and oxygen atoms in total. The molecule has 2 aromatic rings. The third-order valence-corrected chi connectivity index (χ3v) is 5.60. The van der Waals surface area contributed by atoms with Crippen molar-refractivity contribution in [2.24, 2.45) is 0 Å². The molecule has 2 aliphatic heterocycles. The number of rotatable bonds is 3. The van der Waals surface area contributed by atoms with Gasteiger partial charge in [0.2, 0.25) is 0 Å². The molecule has 1 N–H and O–H groups in total. The summed E-state index contributed by atoms with van der Waals surface area (Å²) in [7, 11) is 2.13. The third kappa shape index (κ3) is 3.45. The van der Waals surface area contributed by atoms with E-state index < -0.39 is 5.60 Å². The molecule has 0 unspecified atom stereocenters. The van der Waals surface area contributed by atoms with E-state index in [1.807, 2.05) is 30.3 Å². The van der Waals surface area contributed by atoms with Crippen LogP contribution in [-0.2, 0) is 0 Å². The van der Waals surface area contributed by atoms with Gasteiger partial charge in [0.1, 0.15) is 0 Å². The van der Waals surface area contributed by atoms with E-state index in [9.17, 15) is 9.90 Å². The van der Waals surface area contributed by atoms with Crippen molar-refractivity contribution in [3.8, 4) is 0 Å². The average molecular weight is 354 g/mol. The molecule has 1 amide bonds. The Hall–Kier alpha value is -2.02. The SMILES string of the molecule is CN1CCN(C[C@]2(O)CCN(C(=O)c3cccc4cccnc34)C2)CC1. The van der Waals surface area contributed by atoms with Crippen LogP contribution < -0.4 is 0 Å². The number of hydrogen-bond donors (Lipinski definition) is 1. The van der Waals surface area contributed by atoms with E-state index in [0.29, 0.717) is 31.6 Å². The number of piperazine rings is 1. The summed E-state index contributed by atoms with van der Waals surface area (Å²) >= 11 is 0. The van der Waals surface area contributed by atoms with Gasteiger partial charge < -0.3 is 14.9 Å². The molecular formula is C20H26N4O2. The van der Waals surface area contributed by atoms with Crippen LogP contribution in [0.15, 0.2) is 36.5 Å². The molecule has 2 aliphatic rings. The Bertz CT molecular complexity index is 798. The van der Waals surface area contributed by atoms with Crippen molar-refractivity contribution in [1.82, 2.24) is 19.7 Å². The zero-order valence-corrected chi connectivity index (χ0v) is 15.3. The van der Waals surface area contributed by atoms with Gasteiger partial charge in [-0.25, -0.2) is 0 Å². The molecule has 26 heavy (non-hydrogen) atoms. The molecule has 4 rings (SSSR count). The maximum absolute atomic E-state index is 13.0. The predicted octanol–water partition coefficient (Wildman–Crippen LogP) is 1.06. The lowest BCUT2D eigenvalue weighted by molar-refractivity contribution is 0.000539. The second-order valence-electron chi connectivity index (χ2n) is 7.66. The van der Waals surface area contributed by atoms with Crippen LogP contribution in [0.2, 0.25) is 0 Å². The standard InChI is InChI=1S/C20H26N4O2/c1-22-10-12-23(13-11-22)14-20(26)7-9-24(15-20)19(25)17-6-2-4-16-5-3-8-21-18(16)17/h2-6,8,26H,7,9-15H2,1H3/t20-/m1/s1. The number of hydrogen-bond acceptors (Lipinski definition) is 5. The van der Waals surface area contributed by atoms with Gasteiger partial charge in [0, 0.05) is 50.9 Å². The first-order chi connectivity index (χ1) is 12.5. The first-order valence-corrected chi connectivity index (χ1v) is 9.30. The fourth-order valence-electron chi connectivity index (χ4n) is 4.03. The van der Waals surface area contributed by atoms with Gasteiger partial charge in [-0.2, -0.15) is 0 Å². The lowest BCUT2D eigenvalue weighted by Crippen LogP contribution is -2.52. The van der Waals surface area contributed by atoms with Crippen LogP contribution in [0, 0.1) is 0 Å². The van der Waals surface area contributed by atoms with Crippen molar-refractivity contribution >= 4 is 16.8 Å². The Balaban J connectivity index is 1.46. The van der Waals surface area contributed by atoms with Gasteiger partial charge in [-0.15, -0.1) is 0 Å². The second kappa shape index (κ2) is 6.95. The number of carbonyl (C=O) groups excluding carboxylic acids is 1. The topological polar surface area (TPSA) is 59.9 Å². The Labute approximate surface area is 154 Å². The maximum atomic E-state index is 13.0. The van der Waals surface area contributed by atoms with Gasteiger partial charge >= 0.3 is 0 Å². The minimum absolute atomic E-state index is 0.0383. The van der Waals surface area contributed by atoms with Crippen LogP contribution in [0.5, 0.6) is 0 Å².